The van der Waals surface area contributed by atoms with E-state index in [2.05, 4.69) is 36.6 Å². The molecule has 3 N–H and O–H groups in total. The molecule has 2 rings (SSSR count). The minimum absolute atomic E-state index is 0.0311. The molecule has 0 radical (unpaired) electrons. The van der Waals surface area contributed by atoms with Gasteiger partial charge in [-0.05, 0) is 54.0 Å². The Hall–Kier alpha value is -2.40. The monoisotopic (exact) mass is 567 g/mol. The van der Waals surface area contributed by atoms with Crippen LogP contribution in [-0.4, -0.2) is 61.3 Å². The third-order valence-corrected chi connectivity index (χ3v) is 8.29. The fraction of sp³-hybridized carbons (Fsp3) is 0.552. The van der Waals surface area contributed by atoms with Crippen LogP contribution in [0.15, 0.2) is 42.5 Å². The number of sulfonamides is 1. The van der Waals surface area contributed by atoms with Crippen LogP contribution in [0.5, 0.6) is 0 Å². The largest absolute Gasteiger partial charge is 0.390 e. The number of hydrogen-bond acceptors (Lipinski definition) is 5. The van der Waals surface area contributed by atoms with E-state index in [1.54, 1.807) is 0 Å². The minimum atomic E-state index is -3.62. The van der Waals surface area contributed by atoms with Gasteiger partial charge < -0.3 is 15.7 Å². The van der Waals surface area contributed by atoms with Gasteiger partial charge in [0.25, 0.3) is 0 Å². The Morgan fingerprint density at radius 2 is 1.64 bits per heavy atom. The van der Waals surface area contributed by atoms with Crippen LogP contribution in [-0.2, 0) is 27.8 Å². The van der Waals surface area contributed by atoms with E-state index in [1.165, 1.54) is 9.87 Å². The molecule has 0 aliphatic rings. The summed E-state index contributed by atoms with van der Waals surface area (Å²) in [4.78, 5) is 12.8. The SMILES string of the molecule is CCCN(CCC)S(=O)(=O)CCC(=O)N[C@@H](Cc1cc(F)cc(F)c1)[C@@H](O)CNCc1cccc(C(C)C)c1. The normalized spacial score (nSPS) is 13.6. The lowest BCUT2D eigenvalue weighted by molar-refractivity contribution is -0.122. The van der Waals surface area contributed by atoms with Crippen molar-refractivity contribution < 1.29 is 27.1 Å². The summed E-state index contributed by atoms with van der Waals surface area (Å²) in [6.07, 6.45) is -0.0852. The zero-order chi connectivity index (χ0) is 29.0. The molecule has 39 heavy (non-hydrogen) atoms. The molecule has 0 bridgehead atoms. The van der Waals surface area contributed by atoms with Crippen molar-refractivity contribution in [3.63, 3.8) is 0 Å². The molecular weight excluding hydrogens is 524 g/mol. The highest BCUT2D eigenvalue weighted by molar-refractivity contribution is 7.89. The van der Waals surface area contributed by atoms with Crippen molar-refractivity contribution in [2.24, 2.45) is 0 Å². The number of nitrogens with zero attached hydrogens (tertiary/aromatic N) is 1. The summed E-state index contributed by atoms with van der Waals surface area (Å²) in [5, 5.41) is 16.8. The smallest absolute Gasteiger partial charge is 0.221 e. The molecule has 0 saturated heterocycles. The summed E-state index contributed by atoms with van der Waals surface area (Å²) in [5.41, 5.74) is 2.50. The zero-order valence-electron chi connectivity index (χ0n) is 23.4. The maximum Gasteiger partial charge on any atom is 0.221 e. The maximum absolute atomic E-state index is 13.8. The first-order valence-corrected chi connectivity index (χ1v) is 15.3. The number of hydrogen-bond donors (Lipinski definition) is 3. The van der Waals surface area contributed by atoms with Gasteiger partial charge >= 0.3 is 0 Å². The van der Waals surface area contributed by atoms with Crippen LogP contribution >= 0.6 is 0 Å². The van der Waals surface area contributed by atoms with Gasteiger partial charge in [0, 0.05) is 38.7 Å². The highest BCUT2D eigenvalue weighted by Gasteiger charge is 2.25. The van der Waals surface area contributed by atoms with Gasteiger partial charge in [-0.25, -0.2) is 21.5 Å². The third-order valence-electron chi connectivity index (χ3n) is 6.42. The van der Waals surface area contributed by atoms with Crippen LogP contribution in [0, 0.1) is 11.6 Å². The van der Waals surface area contributed by atoms with Crippen molar-refractivity contribution >= 4 is 15.9 Å². The quantitative estimate of drug-likeness (QED) is 0.267. The second-order valence-electron chi connectivity index (χ2n) is 10.2. The second-order valence-corrected chi connectivity index (χ2v) is 12.3. The Balaban J connectivity index is 2.08. The van der Waals surface area contributed by atoms with Crippen molar-refractivity contribution in [2.45, 2.75) is 78.0 Å². The molecule has 0 saturated carbocycles. The summed E-state index contributed by atoms with van der Waals surface area (Å²) in [7, 11) is -3.62. The topological polar surface area (TPSA) is 98.7 Å². The molecule has 0 heterocycles. The lowest BCUT2D eigenvalue weighted by Gasteiger charge is -2.25. The standard InChI is InChI=1S/C29H43F2N3O4S/c1-5-11-34(12-6-2)39(37,38)13-10-29(36)33-27(17-23-15-25(30)18-26(31)16-23)28(35)20-32-19-22-8-7-9-24(14-22)21(3)4/h7-9,14-16,18,21,27-28,32,35H,5-6,10-13,17,19-20H2,1-4H3,(H,33,36)/t27-,28-/m0/s1. The van der Waals surface area contributed by atoms with Crippen molar-refractivity contribution in [2.75, 3.05) is 25.4 Å². The van der Waals surface area contributed by atoms with E-state index in [4.69, 9.17) is 0 Å². The summed E-state index contributed by atoms with van der Waals surface area (Å²) >= 11 is 0. The molecule has 0 aliphatic carbocycles. The summed E-state index contributed by atoms with van der Waals surface area (Å²) in [6, 6.07) is 10.2. The van der Waals surface area contributed by atoms with Crippen LogP contribution in [0.4, 0.5) is 8.78 Å². The average molecular weight is 568 g/mol. The average Bonchev–Trinajstić information content (AvgIpc) is 2.86. The molecular formula is C29H43F2N3O4S. The van der Waals surface area contributed by atoms with Gasteiger partial charge in [0.15, 0.2) is 0 Å². The summed E-state index contributed by atoms with van der Waals surface area (Å²) < 4.78 is 54.5. The second kappa shape index (κ2) is 16.0. The Bertz CT molecular complexity index is 1130. The number of rotatable bonds is 17. The van der Waals surface area contributed by atoms with Crippen LogP contribution < -0.4 is 10.6 Å². The molecule has 2 atom stereocenters. The minimum Gasteiger partial charge on any atom is -0.390 e. The van der Waals surface area contributed by atoms with E-state index < -0.39 is 39.7 Å². The number of carbonyl (C=O) groups excluding carboxylic acids is 1. The van der Waals surface area contributed by atoms with Gasteiger partial charge in [-0.3, -0.25) is 4.79 Å². The lowest BCUT2D eigenvalue weighted by Crippen LogP contribution is -2.49. The molecule has 0 aromatic heterocycles. The predicted octanol–water partition coefficient (Wildman–Crippen LogP) is 4.11. The number of halogens is 2. The first-order valence-electron chi connectivity index (χ1n) is 13.6. The van der Waals surface area contributed by atoms with Gasteiger partial charge in [0.1, 0.15) is 11.6 Å². The van der Waals surface area contributed by atoms with E-state index in [9.17, 15) is 27.1 Å². The van der Waals surface area contributed by atoms with Crippen molar-refractivity contribution in [1.82, 2.24) is 14.9 Å². The van der Waals surface area contributed by atoms with Crippen LogP contribution in [0.1, 0.15) is 69.6 Å². The van der Waals surface area contributed by atoms with Crippen LogP contribution in [0.25, 0.3) is 0 Å². The van der Waals surface area contributed by atoms with E-state index in [0.29, 0.717) is 38.4 Å². The van der Waals surface area contributed by atoms with E-state index in [1.807, 2.05) is 26.0 Å². The van der Waals surface area contributed by atoms with Gasteiger partial charge in [-0.15, -0.1) is 0 Å². The highest BCUT2D eigenvalue weighted by Crippen LogP contribution is 2.16. The van der Waals surface area contributed by atoms with E-state index >= 15 is 0 Å². The third kappa shape index (κ3) is 11.3. The first-order chi connectivity index (χ1) is 18.4. The molecule has 1 amide bonds. The molecule has 0 unspecified atom stereocenters. The number of amides is 1. The molecule has 218 valence electrons. The Kier molecular flexibility index (Phi) is 13.5. The van der Waals surface area contributed by atoms with Gasteiger partial charge in [-0.1, -0.05) is 52.0 Å². The fourth-order valence-electron chi connectivity index (χ4n) is 4.35. The molecule has 10 heteroatoms. The zero-order valence-corrected chi connectivity index (χ0v) is 24.2. The maximum atomic E-state index is 13.8. The van der Waals surface area contributed by atoms with Crippen molar-refractivity contribution in [3.8, 4) is 0 Å². The number of nitrogens with one attached hydrogen (secondary N) is 2. The molecule has 7 nitrogen and oxygen atoms in total. The summed E-state index contributed by atoms with van der Waals surface area (Å²) in [6.45, 7) is 9.35. The fourth-order valence-corrected chi connectivity index (χ4v) is 5.98. The molecule has 0 spiro atoms. The number of carbonyl (C=O) groups is 1. The Morgan fingerprint density at radius 3 is 2.23 bits per heavy atom. The van der Waals surface area contributed by atoms with Gasteiger partial charge in [0.2, 0.25) is 15.9 Å². The first kappa shape index (κ1) is 32.8. The Morgan fingerprint density at radius 1 is 1.00 bits per heavy atom. The number of aliphatic hydroxyl groups excluding tert-OH is 1. The molecule has 0 aliphatic heterocycles. The number of aliphatic hydroxyl groups is 1. The lowest BCUT2D eigenvalue weighted by atomic mass is 10.00. The predicted molar refractivity (Wildman–Crippen MR) is 151 cm³/mol. The molecule has 0 fully saturated rings. The van der Waals surface area contributed by atoms with Crippen LogP contribution in [0.2, 0.25) is 0 Å². The molecule has 2 aromatic carbocycles. The van der Waals surface area contributed by atoms with E-state index in [0.717, 1.165) is 23.8 Å². The Labute approximate surface area is 232 Å². The molecule has 2 aromatic rings. The van der Waals surface area contributed by atoms with Gasteiger partial charge in [0.05, 0.1) is 17.9 Å². The van der Waals surface area contributed by atoms with Gasteiger partial charge in [-0.2, -0.15) is 0 Å². The van der Waals surface area contributed by atoms with Crippen LogP contribution in [0.3, 0.4) is 0 Å². The van der Waals surface area contributed by atoms with E-state index in [-0.39, 0.29) is 30.7 Å². The summed E-state index contributed by atoms with van der Waals surface area (Å²) in [5.74, 6) is -2.06. The van der Waals surface area contributed by atoms with Crippen molar-refractivity contribution in [1.29, 1.82) is 0 Å². The highest BCUT2D eigenvalue weighted by atomic mass is 32.2. The van der Waals surface area contributed by atoms with Crippen molar-refractivity contribution in [3.05, 3.63) is 70.8 Å². The number of benzene rings is 2.